The second-order valence-electron chi connectivity index (χ2n) is 3.34. The number of rotatable bonds is 3. The summed E-state index contributed by atoms with van der Waals surface area (Å²) in [6.45, 7) is 0. The average Bonchev–Trinajstić information content (AvgIpc) is 2.30. The van der Waals surface area contributed by atoms with E-state index in [-0.39, 0.29) is 6.42 Å². The third-order valence-corrected chi connectivity index (χ3v) is 2.24. The molecule has 0 saturated heterocycles. The quantitative estimate of drug-likeness (QED) is 0.845. The topological polar surface area (TPSA) is 63.1 Å². The van der Waals surface area contributed by atoms with E-state index in [1.165, 1.54) is 0 Å². The van der Waals surface area contributed by atoms with Crippen LogP contribution < -0.4 is 0 Å². The molecule has 2 aromatic heterocycles. The van der Waals surface area contributed by atoms with Gasteiger partial charge in [-0.25, -0.2) is 0 Å². The van der Waals surface area contributed by atoms with Crippen molar-refractivity contribution in [3.05, 3.63) is 48.5 Å². The van der Waals surface area contributed by atoms with E-state index in [4.69, 9.17) is 5.11 Å². The molecule has 4 nitrogen and oxygen atoms in total. The van der Waals surface area contributed by atoms with E-state index in [9.17, 15) is 4.79 Å². The zero-order chi connectivity index (χ0) is 11.4. The van der Waals surface area contributed by atoms with Gasteiger partial charge in [-0.15, -0.1) is 0 Å². The van der Waals surface area contributed by atoms with Gasteiger partial charge < -0.3 is 5.11 Å². The minimum absolute atomic E-state index is 0.000175. The highest BCUT2D eigenvalue weighted by Crippen LogP contribution is 2.22. The van der Waals surface area contributed by atoms with Gasteiger partial charge in [0.25, 0.3) is 0 Å². The van der Waals surface area contributed by atoms with Crippen LogP contribution >= 0.6 is 0 Å². The van der Waals surface area contributed by atoms with Crippen molar-refractivity contribution in [1.29, 1.82) is 0 Å². The smallest absolute Gasteiger partial charge is 0.307 e. The van der Waals surface area contributed by atoms with E-state index < -0.39 is 5.97 Å². The zero-order valence-corrected chi connectivity index (χ0v) is 8.50. The average molecular weight is 214 g/mol. The summed E-state index contributed by atoms with van der Waals surface area (Å²) in [5.41, 5.74) is 2.53. The van der Waals surface area contributed by atoms with Crippen molar-refractivity contribution in [3.8, 4) is 11.1 Å². The predicted octanol–water partition coefficient (Wildman–Crippen LogP) is 1.77. The first-order chi connectivity index (χ1) is 7.77. The number of pyridine rings is 2. The molecule has 80 valence electrons. The summed E-state index contributed by atoms with van der Waals surface area (Å²) in [5.74, 6) is -0.846. The molecule has 2 heterocycles. The van der Waals surface area contributed by atoms with Gasteiger partial charge in [0.1, 0.15) is 0 Å². The fourth-order valence-corrected chi connectivity index (χ4v) is 1.53. The summed E-state index contributed by atoms with van der Waals surface area (Å²) >= 11 is 0. The van der Waals surface area contributed by atoms with Crippen molar-refractivity contribution < 1.29 is 9.90 Å². The maximum absolute atomic E-state index is 10.7. The fraction of sp³-hybridized carbons (Fsp3) is 0.0833. The van der Waals surface area contributed by atoms with Crippen LogP contribution in [0.5, 0.6) is 0 Å². The Morgan fingerprint density at radius 1 is 1.12 bits per heavy atom. The Morgan fingerprint density at radius 2 is 1.81 bits per heavy atom. The molecule has 0 aliphatic heterocycles. The van der Waals surface area contributed by atoms with Crippen LogP contribution in [0.4, 0.5) is 0 Å². The Morgan fingerprint density at radius 3 is 2.50 bits per heavy atom. The van der Waals surface area contributed by atoms with E-state index in [1.807, 2.05) is 12.1 Å². The molecule has 16 heavy (non-hydrogen) atoms. The van der Waals surface area contributed by atoms with Gasteiger partial charge in [0, 0.05) is 30.4 Å². The number of carbonyl (C=O) groups is 1. The SMILES string of the molecule is O=C(O)Cc1ccncc1-c1ccncc1. The van der Waals surface area contributed by atoms with Gasteiger partial charge in [0.15, 0.2) is 0 Å². The molecule has 0 amide bonds. The Kier molecular flexibility index (Phi) is 2.91. The molecule has 0 spiro atoms. The van der Waals surface area contributed by atoms with Crippen LogP contribution in [0.3, 0.4) is 0 Å². The van der Waals surface area contributed by atoms with E-state index in [0.29, 0.717) is 0 Å². The van der Waals surface area contributed by atoms with E-state index in [2.05, 4.69) is 9.97 Å². The summed E-state index contributed by atoms with van der Waals surface area (Å²) in [6.07, 6.45) is 6.62. The lowest BCUT2D eigenvalue weighted by atomic mass is 10.0. The molecular weight excluding hydrogens is 204 g/mol. The summed E-state index contributed by atoms with van der Waals surface area (Å²) < 4.78 is 0. The molecule has 1 N–H and O–H groups in total. The highest BCUT2D eigenvalue weighted by atomic mass is 16.4. The molecule has 0 atom stereocenters. The Hall–Kier alpha value is -2.23. The lowest BCUT2D eigenvalue weighted by Gasteiger charge is -2.06. The van der Waals surface area contributed by atoms with Gasteiger partial charge in [-0.3, -0.25) is 14.8 Å². The van der Waals surface area contributed by atoms with Crippen LogP contribution in [0.25, 0.3) is 11.1 Å². The Bertz CT molecular complexity index is 497. The molecule has 0 unspecified atom stereocenters. The van der Waals surface area contributed by atoms with Crippen molar-refractivity contribution in [2.24, 2.45) is 0 Å². The van der Waals surface area contributed by atoms with Crippen molar-refractivity contribution in [3.63, 3.8) is 0 Å². The minimum Gasteiger partial charge on any atom is -0.481 e. The van der Waals surface area contributed by atoms with Gasteiger partial charge in [-0.1, -0.05) is 0 Å². The monoisotopic (exact) mass is 214 g/mol. The molecule has 4 heteroatoms. The highest BCUT2D eigenvalue weighted by Gasteiger charge is 2.07. The molecule has 0 aliphatic rings. The van der Waals surface area contributed by atoms with E-state index in [1.54, 1.807) is 30.9 Å². The molecule has 0 bridgehead atoms. The van der Waals surface area contributed by atoms with Crippen molar-refractivity contribution in [2.45, 2.75) is 6.42 Å². The number of nitrogens with zero attached hydrogens (tertiary/aromatic N) is 2. The van der Waals surface area contributed by atoms with Crippen LogP contribution in [0.2, 0.25) is 0 Å². The third-order valence-electron chi connectivity index (χ3n) is 2.24. The predicted molar refractivity (Wildman–Crippen MR) is 58.8 cm³/mol. The normalized spacial score (nSPS) is 10.0. The molecule has 0 fully saturated rings. The highest BCUT2D eigenvalue weighted by molar-refractivity contribution is 5.75. The van der Waals surface area contributed by atoms with Crippen LogP contribution in [0.15, 0.2) is 43.0 Å². The van der Waals surface area contributed by atoms with E-state index >= 15 is 0 Å². The fourth-order valence-electron chi connectivity index (χ4n) is 1.53. The van der Waals surface area contributed by atoms with Gasteiger partial charge in [0.2, 0.25) is 0 Å². The first-order valence-corrected chi connectivity index (χ1v) is 4.82. The summed E-state index contributed by atoms with van der Waals surface area (Å²) in [4.78, 5) is 18.7. The zero-order valence-electron chi connectivity index (χ0n) is 8.50. The number of aliphatic carboxylic acids is 1. The van der Waals surface area contributed by atoms with Gasteiger partial charge >= 0.3 is 5.97 Å². The molecular formula is C12H10N2O2. The first-order valence-electron chi connectivity index (χ1n) is 4.82. The number of carboxylic acid groups (broad SMARTS) is 1. The molecule has 0 aliphatic carbocycles. The summed E-state index contributed by atoms with van der Waals surface area (Å²) in [5, 5.41) is 8.81. The Balaban J connectivity index is 2.44. The van der Waals surface area contributed by atoms with Crippen LogP contribution in [-0.4, -0.2) is 21.0 Å². The summed E-state index contributed by atoms with van der Waals surface area (Å²) in [6, 6.07) is 5.40. The van der Waals surface area contributed by atoms with Gasteiger partial charge in [-0.2, -0.15) is 0 Å². The molecule has 2 aromatic rings. The van der Waals surface area contributed by atoms with Crippen molar-refractivity contribution in [1.82, 2.24) is 9.97 Å². The molecule has 0 radical (unpaired) electrons. The largest absolute Gasteiger partial charge is 0.481 e. The van der Waals surface area contributed by atoms with Crippen LogP contribution in [0.1, 0.15) is 5.56 Å². The van der Waals surface area contributed by atoms with Gasteiger partial charge in [0.05, 0.1) is 6.42 Å². The maximum atomic E-state index is 10.7. The van der Waals surface area contributed by atoms with Crippen LogP contribution in [0, 0.1) is 0 Å². The number of carboxylic acids is 1. The number of aromatic nitrogens is 2. The van der Waals surface area contributed by atoms with E-state index in [0.717, 1.165) is 16.7 Å². The second-order valence-corrected chi connectivity index (χ2v) is 3.34. The van der Waals surface area contributed by atoms with Gasteiger partial charge in [-0.05, 0) is 29.3 Å². The molecule has 0 aromatic carbocycles. The number of hydrogen-bond acceptors (Lipinski definition) is 3. The lowest BCUT2D eigenvalue weighted by Crippen LogP contribution is -2.02. The van der Waals surface area contributed by atoms with Crippen molar-refractivity contribution >= 4 is 5.97 Å². The summed E-state index contributed by atoms with van der Waals surface area (Å²) in [7, 11) is 0. The molecule has 2 rings (SSSR count). The second kappa shape index (κ2) is 4.53. The number of hydrogen-bond donors (Lipinski definition) is 1. The minimum atomic E-state index is -0.846. The van der Waals surface area contributed by atoms with Crippen LogP contribution in [-0.2, 0) is 11.2 Å². The van der Waals surface area contributed by atoms with Crippen molar-refractivity contribution in [2.75, 3.05) is 0 Å². The first kappa shape index (κ1) is 10.3. The maximum Gasteiger partial charge on any atom is 0.307 e. The molecule has 0 saturated carbocycles. The standard InChI is InChI=1S/C12H10N2O2/c15-12(16)7-10-3-6-14-8-11(10)9-1-4-13-5-2-9/h1-6,8H,7H2,(H,15,16). The third kappa shape index (κ3) is 2.23. The Labute approximate surface area is 92.6 Å². The lowest BCUT2D eigenvalue weighted by molar-refractivity contribution is -0.136.